The normalized spacial score (nSPS) is 10.9. The van der Waals surface area contributed by atoms with E-state index in [2.05, 4.69) is 15.4 Å². The first-order chi connectivity index (χ1) is 13.9. The van der Waals surface area contributed by atoms with Gasteiger partial charge in [-0.3, -0.25) is 4.98 Å². The van der Waals surface area contributed by atoms with E-state index >= 15 is 0 Å². The molecule has 0 aliphatic carbocycles. The summed E-state index contributed by atoms with van der Waals surface area (Å²) in [6.07, 6.45) is 5.28. The number of fused-ring (bicyclic) bond motifs is 1. The maximum Gasteiger partial charge on any atom is 0.169 e. The number of rotatable bonds is 4. The van der Waals surface area contributed by atoms with Gasteiger partial charge < -0.3 is 5.32 Å². The van der Waals surface area contributed by atoms with Crippen LogP contribution in [0.25, 0.3) is 28.1 Å². The Morgan fingerprint density at radius 2 is 1.46 bits per heavy atom. The molecule has 0 saturated heterocycles. The molecule has 0 radical (unpaired) electrons. The van der Waals surface area contributed by atoms with Crippen LogP contribution in [0.5, 0.6) is 0 Å². The summed E-state index contributed by atoms with van der Waals surface area (Å²) in [6.45, 7) is 0. The molecule has 0 amide bonds. The fourth-order valence-corrected chi connectivity index (χ4v) is 3.05. The monoisotopic (exact) mass is 364 g/mol. The van der Waals surface area contributed by atoms with Gasteiger partial charge in [0.1, 0.15) is 5.82 Å². The van der Waals surface area contributed by atoms with E-state index in [0.717, 1.165) is 28.0 Å². The molecule has 6 heteroatoms. The van der Waals surface area contributed by atoms with Crippen molar-refractivity contribution in [1.82, 2.24) is 24.7 Å². The second-order valence-electron chi connectivity index (χ2n) is 6.25. The third-order valence-electron chi connectivity index (χ3n) is 4.40. The largest absolute Gasteiger partial charge is 0.339 e. The van der Waals surface area contributed by atoms with Crippen LogP contribution in [0.1, 0.15) is 0 Å². The first-order valence-corrected chi connectivity index (χ1v) is 8.92. The van der Waals surface area contributed by atoms with Crippen molar-refractivity contribution in [3.8, 4) is 17.1 Å². The van der Waals surface area contributed by atoms with Gasteiger partial charge >= 0.3 is 0 Å². The maximum absolute atomic E-state index is 4.82. The number of aromatic nitrogens is 5. The molecule has 0 fully saturated rings. The highest BCUT2D eigenvalue weighted by atomic mass is 15.3. The van der Waals surface area contributed by atoms with Crippen molar-refractivity contribution in [2.24, 2.45) is 0 Å². The standard InChI is InChI=1S/C22H16N6/c1-3-7-16(8-4-1)20-26-21(25-17-11-13-23-14-12-17)19-15-24-28(22(19)27-20)18-9-5-2-6-10-18/h1-15H,(H,23,25,26,27). The van der Waals surface area contributed by atoms with E-state index in [1.165, 1.54) is 0 Å². The Kier molecular flexibility index (Phi) is 3.99. The Balaban J connectivity index is 1.72. The SMILES string of the molecule is c1ccc(-c2nc(Nc3ccncc3)c3cnn(-c4ccccc4)c3n2)cc1. The molecular formula is C22H16N6. The van der Waals surface area contributed by atoms with Gasteiger partial charge in [0, 0.05) is 23.6 Å². The fraction of sp³-hybridized carbons (Fsp3) is 0. The molecule has 3 heterocycles. The lowest BCUT2D eigenvalue weighted by molar-refractivity contribution is 0.896. The summed E-state index contributed by atoms with van der Waals surface area (Å²) in [4.78, 5) is 13.7. The highest BCUT2D eigenvalue weighted by Gasteiger charge is 2.15. The van der Waals surface area contributed by atoms with Gasteiger partial charge in [0.2, 0.25) is 0 Å². The van der Waals surface area contributed by atoms with Crippen molar-refractivity contribution in [3.05, 3.63) is 91.4 Å². The van der Waals surface area contributed by atoms with Crippen molar-refractivity contribution in [2.45, 2.75) is 0 Å². The van der Waals surface area contributed by atoms with E-state index in [0.29, 0.717) is 11.6 Å². The summed E-state index contributed by atoms with van der Waals surface area (Å²) in [7, 11) is 0. The molecule has 5 rings (SSSR count). The molecule has 3 aromatic heterocycles. The minimum atomic E-state index is 0.641. The summed E-state index contributed by atoms with van der Waals surface area (Å²) in [6, 6.07) is 23.7. The van der Waals surface area contributed by atoms with Crippen LogP contribution < -0.4 is 5.32 Å². The van der Waals surface area contributed by atoms with Crippen molar-refractivity contribution in [2.75, 3.05) is 5.32 Å². The molecule has 134 valence electrons. The van der Waals surface area contributed by atoms with Gasteiger partial charge in [0.15, 0.2) is 11.5 Å². The summed E-state index contributed by atoms with van der Waals surface area (Å²) in [5.74, 6) is 1.35. The maximum atomic E-state index is 4.82. The zero-order valence-electron chi connectivity index (χ0n) is 14.9. The number of benzene rings is 2. The zero-order chi connectivity index (χ0) is 18.8. The van der Waals surface area contributed by atoms with Gasteiger partial charge in [0.25, 0.3) is 0 Å². The number of anilines is 2. The minimum Gasteiger partial charge on any atom is -0.339 e. The Bertz CT molecular complexity index is 1220. The molecule has 0 spiro atoms. The van der Waals surface area contributed by atoms with Crippen LogP contribution in [0, 0.1) is 0 Å². The Labute approximate surface area is 161 Å². The number of para-hydroxylation sites is 1. The van der Waals surface area contributed by atoms with E-state index in [1.54, 1.807) is 18.6 Å². The van der Waals surface area contributed by atoms with Gasteiger partial charge in [0.05, 0.1) is 17.3 Å². The molecule has 0 bridgehead atoms. The smallest absolute Gasteiger partial charge is 0.169 e. The van der Waals surface area contributed by atoms with Crippen LogP contribution in [0.3, 0.4) is 0 Å². The van der Waals surface area contributed by atoms with Crippen LogP contribution in [-0.4, -0.2) is 24.7 Å². The third-order valence-corrected chi connectivity index (χ3v) is 4.40. The first-order valence-electron chi connectivity index (χ1n) is 8.92. The lowest BCUT2D eigenvalue weighted by Gasteiger charge is -2.10. The number of hydrogen-bond donors (Lipinski definition) is 1. The lowest BCUT2D eigenvalue weighted by Crippen LogP contribution is -2.02. The van der Waals surface area contributed by atoms with E-state index in [1.807, 2.05) is 77.5 Å². The van der Waals surface area contributed by atoms with E-state index in [9.17, 15) is 0 Å². The number of pyridine rings is 1. The van der Waals surface area contributed by atoms with Crippen molar-refractivity contribution < 1.29 is 0 Å². The molecule has 6 nitrogen and oxygen atoms in total. The van der Waals surface area contributed by atoms with Crippen molar-refractivity contribution in [1.29, 1.82) is 0 Å². The molecule has 5 aromatic rings. The Morgan fingerprint density at radius 1 is 0.750 bits per heavy atom. The second kappa shape index (κ2) is 6.92. The molecule has 28 heavy (non-hydrogen) atoms. The first kappa shape index (κ1) is 16.1. The zero-order valence-corrected chi connectivity index (χ0v) is 14.9. The predicted molar refractivity (Wildman–Crippen MR) is 110 cm³/mol. The molecule has 0 atom stereocenters. The van der Waals surface area contributed by atoms with Crippen LogP contribution in [0.4, 0.5) is 11.5 Å². The van der Waals surface area contributed by atoms with Crippen molar-refractivity contribution >= 4 is 22.5 Å². The van der Waals surface area contributed by atoms with Gasteiger partial charge in [-0.2, -0.15) is 5.10 Å². The fourth-order valence-electron chi connectivity index (χ4n) is 3.05. The Hall–Kier alpha value is -4.06. The topological polar surface area (TPSA) is 68.5 Å². The third kappa shape index (κ3) is 2.97. The van der Waals surface area contributed by atoms with Crippen LogP contribution in [0.15, 0.2) is 91.4 Å². The predicted octanol–water partition coefficient (Wildman–Crippen LogP) is 4.62. The van der Waals surface area contributed by atoms with Crippen LogP contribution >= 0.6 is 0 Å². The highest BCUT2D eigenvalue weighted by molar-refractivity contribution is 5.90. The highest BCUT2D eigenvalue weighted by Crippen LogP contribution is 2.28. The molecule has 1 N–H and O–H groups in total. The molecule has 0 unspecified atom stereocenters. The van der Waals surface area contributed by atoms with Crippen LogP contribution in [0.2, 0.25) is 0 Å². The average molecular weight is 364 g/mol. The minimum absolute atomic E-state index is 0.641. The molecule has 0 aliphatic rings. The number of nitrogens with zero attached hydrogens (tertiary/aromatic N) is 5. The lowest BCUT2D eigenvalue weighted by atomic mass is 10.2. The van der Waals surface area contributed by atoms with E-state index in [-0.39, 0.29) is 0 Å². The molecule has 0 aliphatic heterocycles. The van der Waals surface area contributed by atoms with Gasteiger partial charge in [-0.1, -0.05) is 48.5 Å². The second-order valence-corrected chi connectivity index (χ2v) is 6.25. The summed E-state index contributed by atoms with van der Waals surface area (Å²) in [5.41, 5.74) is 3.55. The summed E-state index contributed by atoms with van der Waals surface area (Å²) >= 11 is 0. The molecular weight excluding hydrogens is 348 g/mol. The number of hydrogen-bond acceptors (Lipinski definition) is 5. The van der Waals surface area contributed by atoms with Gasteiger partial charge in [-0.05, 0) is 24.3 Å². The van der Waals surface area contributed by atoms with E-state index in [4.69, 9.17) is 9.97 Å². The summed E-state index contributed by atoms with van der Waals surface area (Å²) in [5, 5.41) is 8.79. The molecule has 2 aromatic carbocycles. The quantitative estimate of drug-likeness (QED) is 0.504. The summed E-state index contributed by atoms with van der Waals surface area (Å²) < 4.78 is 1.83. The van der Waals surface area contributed by atoms with E-state index < -0.39 is 0 Å². The number of nitrogens with one attached hydrogen (secondary N) is 1. The van der Waals surface area contributed by atoms with Crippen molar-refractivity contribution in [3.63, 3.8) is 0 Å². The van der Waals surface area contributed by atoms with Crippen LogP contribution in [-0.2, 0) is 0 Å². The Morgan fingerprint density at radius 3 is 2.21 bits per heavy atom. The van der Waals surface area contributed by atoms with Gasteiger partial charge in [-0.25, -0.2) is 14.6 Å². The van der Waals surface area contributed by atoms with Gasteiger partial charge in [-0.15, -0.1) is 0 Å². The molecule has 0 saturated carbocycles. The average Bonchev–Trinajstić information content (AvgIpc) is 3.20.